The average molecular weight is 507 g/mol. The van der Waals surface area contributed by atoms with Crippen molar-refractivity contribution in [1.82, 2.24) is 14.5 Å². The van der Waals surface area contributed by atoms with Gasteiger partial charge in [0, 0.05) is 30.6 Å². The number of rotatable bonds is 7. The lowest BCUT2D eigenvalue weighted by Gasteiger charge is -2.55. The lowest BCUT2D eigenvalue weighted by molar-refractivity contribution is -0.137. The lowest BCUT2D eigenvalue weighted by Crippen LogP contribution is -2.58. The third kappa shape index (κ3) is 4.73. The van der Waals surface area contributed by atoms with Crippen LogP contribution in [0.25, 0.3) is 11.0 Å². The number of fused-ring (bicyclic) bond motifs is 5. The van der Waals surface area contributed by atoms with E-state index in [1.54, 1.807) is 0 Å². The molecule has 1 aromatic heterocycles. The smallest absolute Gasteiger partial charge is 0.303 e. The summed E-state index contributed by atoms with van der Waals surface area (Å²) in [7, 11) is 0. The highest BCUT2D eigenvalue weighted by atomic mass is 16.4. The number of benzene rings is 1. The molecule has 8 nitrogen and oxygen atoms in total. The molecule has 0 radical (unpaired) electrons. The molecule has 0 amide bonds. The van der Waals surface area contributed by atoms with E-state index >= 15 is 0 Å². The monoisotopic (exact) mass is 506 g/mol. The Labute approximate surface area is 217 Å². The van der Waals surface area contributed by atoms with E-state index in [1.165, 1.54) is 57.8 Å². The van der Waals surface area contributed by atoms with Gasteiger partial charge in [-0.1, -0.05) is 43.0 Å². The van der Waals surface area contributed by atoms with Gasteiger partial charge in [-0.3, -0.25) is 14.5 Å². The number of nitroso groups, excluding NO2 is 1. The average Bonchev–Trinajstić information content (AvgIpc) is 2.88. The van der Waals surface area contributed by atoms with Gasteiger partial charge in [0.05, 0.1) is 11.0 Å². The van der Waals surface area contributed by atoms with Gasteiger partial charge < -0.3 is 9.67 Å². The van der Waals surface area contributed by atoms with Crippen molar-refractivity contribution in [3.63, 3.8) is 0 Å². The molecular formula is C29H38N4O4. The van der Waals surface area contributed by atoms with E-state index in [-0.39, 0.29) is 30.1 Å². The van der Waals surface area contributed by atoms with Crippen LogP contribution in [-0.2, 0) is 4.79 Å². The van der Waals surface area contributed by atoms with Crippen molar-refractivity contribution in [2.45, 2.75) is 114 Å². The molecule has 8 heteroatoms. The summed E-state index contributed by atoms with van der Waals surface area (Å²) in [6.45, 7) is 0. The molecular weight excluding hydrogens is 468 g/mol. The van der Waals surface area contributed by atoms with Crippen molar-refractivity contribution >= 4 is 17.0 Å². The maximum absolute atomic E-state index is 13.9. The van der Waals surface area contributed by atoms with Crippen LogP contribution in [0.3, 0.4) is 0 Å². The number of hydrogen-bond donors (Lipinski definition) is 1. The molecule has 0 spiro atoms. The lowest BCUT2D eigenvalue weighted by atomic mass is 9.68. The summed E-state index contributed by atoms with van der Waals surface area (Å²) >= 11 is 0. The third-order valence-corrected chi connectivity index (χ3v) is 9.79. The minimum atomic E-state index is -1.05. The predicted molar refractivity (Wildman–Crippen MR) is 141 cm³/mol. The highest BCUT2D eigenvalue weighted by molar-refractivity contribution is 5.75. The van der Waals surface area contributed by atoms with Crippen LogP contribution in [0.1, 0.15) is 101 Å². The number of para-hydroxylation sites is 2. The summed E-state index contributed by atoms with van der Waals surface area (Å²) in [6.07, 6.45) is 13.5. The molecule has 1 N–H and O–H groups in total. The van der Waals surface area contributed by atoms with Crippen LogP contribution in [-0.4, -0.2) is 43.7 Å². The summed E-state index contributed by atoms with van der Waals surface area (Å²) in [5.74, 6) is 0.773. The van der Waals surface area contributed by atoms with Gasteiger partial charge in [-0.05, 0) is 75.3 Å². The minimum absolute atomic E-state index is 0.0207. The Bertz CT molecular complexity index is 1200. The first-order valence-corrected chi connectivity index (χ1v) is 14.3. The Morgan fingerprint density at radius 3 is 2.30 bits per heavy atom. The second kappa shape index (κ2) is 10.3. The summed E-state index contributed by atoms with van der Waals surface area (Å²) in [4.78, 5) is 44.2. The first-order valence-electron chi connectivity index (χ1n) is 14.3. The molecule has 2 aromatic rings. The van der Waals surface area contributed by atoms with E-state index in [9.17, 15) is 14.5 Å². The van der Waals surface area contributed by atoms with Crippen molar-refractivity contribution in [3.8, 4) is 0 Å². The van der Waals surface area contributed by atoms with Gasteiger partial charge in [0.2, 0.25) is 0 Å². The molecule has 4 bridgehead atoms. The maximum Gasteiger partial charge on any atom is 0.303 e. The molecule has 2 saturated carbocycles. The van der Waals surface area contributed by atoms with Crippen molar-refractivity contribution in [1.29, 1.82) is 0 Å². The molecule has 2 aliphatic carbocycles. The number of piperidine rings is 2. The van der Waals surface area contributed by atoms with Gasteiger partial charge in [0.25, 0.3) is 5.56 Å². The van der Waals surface area contributed by atoms with Gasteiger partial charge in [0.15, 0.2) is 0 Å². The van der Waals surface area contributed by atoms with E-state index in [0.717, 1.165) is 30.2 Å². The van der Waals surface area contributed by atoms with E-state index in [0.29, 0.717) is 23.6 Å². The van der Waals surface area contributed by atoms with Crippen LogP contribution < -0.4 is 5.56 Å². The predicted octanol–water partition coefficient (Wildman–Crippen LogP) is 5.60. The Hall–Kier alpha value is -2.61. The highest BCUT2D eigenvalue weighted by Gasteiger charge is 2.45. The quantitative estimate of drug-likeness (QED) is 0.491. The van der Waals surface area contributed by atoms with Crippen LogP contribution in [0.15, 0.2) is 34.2 Å². The Kier molecular flexibility index (Phi) is 6.86. The van der Waals surface area contributed by atoms with E-state index in [1.807, 2.05) is 28.8 Å². The van der Waals surface area contributed by atoms with Crippen LogP contribution in [0.2, 0.25) is 0 Å². The molecule has 5 unspecified atom stereocenters. The standard InChI is InChI=1S/C29H38N4O4/c34-27(35)12-11-25(31-37)28-29(36)33(26-10-2-1-9-24(26)30-28)23-16-20-7-4-8-21(17-23)32(20)22-14-18-5-3-6-19(13-18)15-22/h1-2,9-10,18-23,25H,3-8,11-17H2,(H,34,35). The SMILES string of the molecule is O=NC(CCC(=O)O)c1nc2ccccc2n(C2CC3CCCC(C2)N3C2CC3CCCC(C3)C2)c1=O. The van der Waals surface area contributed by atoms with Crippen molar-refractivity contribution in [2.75, 3.05) is 0 Å². The molecule has 2 saturated heterocycles. The maximum atomic E-state index is 13.9. The molecule has 5 atom stereocenters. The van der Waals surface area contributed by atoms with E-state index < -0.39 is 12.0 Å². The summed E-state index contributed by atoms with van der Waals surface area (Å²) < 4.78 is 1.88. The number of nitrogens with zero attached hydrogens (tertiary/aromatic N) is 4. The minimum Gasteiger partial charge on any atom is -0.481 e. The molecule has 4 fully saturated rings. The van der Waals surface area contributed by atoms with Crippen molar-refractivity contribution in [2.24, 2.45) is 17.0 Å². The highest BCUT2D eigenvalue weighted by Crippen LogP contribution is 2.47. The van der Waals surface area contributed by atoms with Crippen LogP contribution in [0.4, 0.5) is 0 Å². The van der Waals surface area contributed by atoms with E-state index in [2.05, 4.69) is 15.1 Å². The van der Waals surface area contributed by atoms with Gasteiger partial charge in [-0.15, -0.1) is 0 Å². The third-order valence-electron chi connectivity index (χ3n) is 9.79. The largest absolute Gasteiger partial charge is 0.481 e. The first kappa shape index (κ1) is 24.7. The van der Waals surface area contributed by atoms with Crippen LogP contribution in [0, 0.1) is 16.7 Å². The van der Waals surface area contributed by atoms with Gasteiger partial charge >= 0.3 is 5.97 Å². The fourth-order valence-electron chi connectivity index (χ4n) is 8.39. The van der Waals surface area contributed by atoms with E-state index in [4.69, 9.17) is 5.11 Å². The van der Waals surface area contributed by atoms with Gasteiger partial charge in [0.1, 0.15) is 11.7 Å². The zero-order valence-electron chi connectivity index (χ0n) is 21.5. The Morgan fingerprint density at radius 1 is 0.946 bits per heavy atom. The number of aliphatic carboxylic acids is 1. The normalized spacial score (nSPS) is 32.6. The second-order valence-corrected chi connectivity index (χ2v) is 12.0. The number of carboxylic acid groups (broad SMARTS) is 1. The fraction of sp³-hybridized carbons (Fsp3) is 0.690. The molecule has 6 rings (SSSR count). The summed E-state index contributed by atoms with van der Waals surface area (Å²) in [5, 5.41) is 12.3. The molecule has 1 aromatic carbocycles. The van der Waals surface area contributed by atoms with Crippen molar-refractivity contribution in [3.05, 3.63) is 45.2 Å². The van der Waals surface area contributed by atoms with Gasteiger partial charge in [-0.25, -0.2) is 4.98 Å². The Morgan fingerprint density at radius 2 is 1.62 bits per heavy atom. The van der Waals surface area contributed by atoms with Crippen molar-refractivity contribution < 1.29 is 9.90 Å². The number of carbonyl (C=O) groups is 1. The Balaban J connectivity index is 1.33. The molecule has 3 heterocycles. The molecule has 198 valence electrons. The molecule has 2 aliphatic heterocycles. The topological polar surface area (TPSA) is 105 Å². The number of carboxylic acids is 1. The zero-order valence-corrected chi connectivity index (χ0v) is 21.5. The number of aromatic nitrogens is 2. The summed E-state index contributed by atoms with van der Waals surface area (Å²) in [5.41, 5.74) is 1.26. The molecule has 4 aliphatic rings. The molecule has 37 heavy (non-hydrogen) atoms. The van der Waals surface area contributed by atoms with Gasteiger partial charge in [-0.2, -0.15) is 4.91 Å². The number of hydrogen-bond acceptors (Lipinski definition) is 6. The summed E-state index contributed by atoms with van der Waals surface area (Å²) in [6, 6.07) is 8.25. The fourth-order valence-corrected chi connectivity index (χ4v) is 8.39. The second-order valence-electron chi connectivity index (χ2n) is 12.0. The van der Waals surface area contributed by atoms with Crippen LogP contribution in [0.5, 0.6) is 0 Å². The van der Waals surface area contributed by atoms with Crippen LogP contribution >= 0.6 is 0 Å². The first-order chi connectivity index (χ1) is 18.0. The zero-order chi connectivity index (χ0) is 25.5.